The lowest BCUT2D eigenvalue weighted by Gasteiger charge is -2.06. The van der Waals surface area contributed by atoms with Gasteiger partial charge in [0, 0.05) is 12.2 Å². The van der Waals surface area contributed by atoms with Gasteiger partial charge in [-0.25, -0.2) is 0 Å². The van der Waals surface area contributed by atoms with Crippen molar-refractivity contribution in [3.8, 4) is 5.75 Å². The topological polar surface area (TPSA) is 119 Å². The summed E-state index contributed by atoms with van der Waals surface area (Å²) >= 11 is 0. The standard InChI is InChI=1S/C10H12N6O2/c11-5-6-18-8-3-1-7(2-4-8)12-10(17)9-13-15-16-14-9/h1-4H,5-6,11H2,(H,12,17)(H,13,14,15,16). The number of aromatic nitrogens is 4. The number of tetrazole rings is 1. The summed E-state index contributed by atoms with van der Waals surface area (Å²) in [5, 5.41) is 15.3. The van der Waals surface area contributed by atoms with Crippen molar-refractivity contribution in [2.75, 3.05) is 18.5 Å². The van der Waals surface area contributed by atoms with Crippen molar-refractivity contribution in [2.24, 2.45) is 5.73 Å². The number of H-pyrrole nitrogens is 1. The molecule has 0 radical (unpaired) electrons. The molecule has 18 heavy (non-hydrogen) atoms. The van der Waals surface area contributed by atoms with Crippen molar-refractivity contribution >= 4 is 11.6 Å². The Morgan fingerprint density at radius 3 is 2.78 bits per heavy atom. The lowest BCUT2D eigenvalue weighted by atomic mass is 10.3. The number of nitrogens with zero attached hydrogens (tertiary/aromatic N) is 3. The number of ether oxygens (including phenoxy) is 1. The van der Waals surface area contributed by atoms with Gasteiger partial charge >= 0.3 is 0 Å². The number of aromatic amines is 1. The highest BCUT2D eigenvalue weighted by molar-refractivity contribution is 6.01. The van der Waals surface area contributed by atoms with Gasteiger partial charge in [0.2, 0.25) is 0 Å². The zero-order valence-electron chi connectivity index (χ0n) is 9.46. The predicted molar refractivity (Wildman–Crippen MR) is 63.1 cm³/mol. The number of benzene rings is 1. The molecule has 0 fully saturated rings. The van der Waals surface area contributed by atoms with E-state index in [4.69, 9.17) is 10.5 Å². The van der Waals surface area contributed by atoms with E-state index in [0.29, 0.717) is 24.6 Å². The fourth-order valence-corrected chi connectivity index (χ4v) is 1.26. The lowest BCUT2D eigenvalue weighted by molar-refractivity contribution is 0.101. The second-order valence-corrected chi connectivity index (χ2v) is 3.35. The van der Waals surface area contributed by atoms with E-state index in [-0.39, 0.29) is 5.82 Å². The first-order chi connectivity index (χ1) is 8.79. The molecule has 0 atom stereocenters. The minimum atomic E-state index is -0.431. The molecule has 2 aromatic rings. The molecule has 0 saturated heterocycles. The molecule has 0 spiro atoms. The number of rotatable bonds is 5. The minimum Gasteiger partial charge on any atom is -0.492 e. The van der Waals surface area contributed by atoms with Gasteiger partial charge in [-0.3, -0.25) is 4.79 Å². The molecular formula is C10H12N6O2. The molecule has 2 rings (SSSR count). The quantitative estimate of drug-likeness (QED) is 0.673. The van der Waals surface area contributed by atoms with E-state index in [1.165, 1.54) is 0 Å². The van der Waals surface area contributed by atoms with Crippen LogP contribution in [0.2, 0.25) is 0 Å². The van der Waals surface area contributed by atoms with Gasteiger partial charge in [-0.1, -0.05) is 0 Å². The second kappa shape index (κ2) is 5.73. The molecule has 0 aliphatic heterocycles. The molecule has 8 heteroatoms. The average Bonchev–Trinajstić information content (AvgIpc) is 2.92. The maximum Gasteiger partial charge on any atom is 0.297 e. The third-order valence-electron chi connectivity index (χ3n) is 2.05. The van der Waals surface area contributed by atoms with Crippen molar-refractivity contribution in [3.63, 3.8) is 0 Å². The fourth-order valence-electron chi connectivity index (χ4n) is 1.26. The fraction of sp³-hybridized carbons (Fsp3) is 0.200. The maximum atomic E-state index is 11.6. The Morgan fingerprint density at radius 1 is 1.39 bits per heavy atom. The van der Waals surface area contributed by atoms with Gasteiger partial charge in [-0.2, -0.15) is 5.21 Å². The Labute approximate surface area is 103 Å². The Balaban J connectivity index is 1.96. The Bertz CT molecular complexity index is 496. The van der Waals surface area contributed by atoms with E-state index in [1.54, 1.807) is 24.3 Å². The number of hydrogen-bond donors (Lipinski definition) is 3. The lowest BCUT2D eigenvalue weighted by Crippen LogP contribution is -2.14. The summed E-state index contributed by atoms with van der Waals surface area (Å²) in [5.41, 5.74) is 5.94. The Kier molecular flexibility index (Phi) is 3.82. The highest BCUT2D eigenvalue weighted by Gasteiger charge is 2.10. The number of carbonyl (C=O) groups is 1. The van der Waals surface area contributed by atoms with E-state index in [9.17, 15) is 4.79 Å². The molecule has 94 valence electrons. The first kappa shape index (κ1) is 12.0. The smallest absolute Gasteiger partial charge is 0.297 e. The van der Waals surface area contributed by atoms with Crippen LogP contribution in [0.1, 0.15) is 10.6 Å². The number of carbonyl (C=O) groups excluding carboxylic acids is 1. The number of nitrogens with one attached hydrogen (secondary N) is 2. The van der Waals surface area contributed by atoms with E-state index in [0.717, 1.165) is 0 Å². The molecule has 1 aromatic carbocycles. The highest BCUT2D eigenvalue weighted by atomic mass is 16.5. The second-order valence-electron chi connectivity index (χ2n) is 3.35. The molecule has 4 N–H and O–H groups in total. The predicted octanol–water partition coefficient (Wildman–Crippen LogP) is -0.211. The van der Waals surface area contributed by atoms with E-state index < -0.39 is 5.91 Å². The first-order valence-electron chi connectivity index (χ1n) is 5.27. The van der Waals surface area contributed by atoms with Gasteiger partial charge in [0.1, 0.15) is 12.4 Å². The van der Waals surface area contributed by atoms with Crippen LogP contribution in [0.15, 0.2) is 24.3 Å². The van der Waals surface area contributed by atoms with Gasteiger partial charge in [0.15, 0.2) is 0 Å². The molecule has 1 aromatic heterocycles. The summed E-state index contributed by atoms with van der Waals surface area (Å²) in [4.78, 5) is 11.6. The molecule has 0 unspecified atom stereocenters. The van der Waals surface area contributed by atoms with Crippen LogP contribution in [0.3, 0.4) is 0 Å². The molecule has 0 bridgehead atoms. The monoisotopic (exact) mass is 248 g/mol. The summed E-state index contributed by atoms with van der Waals surface area (Å²) in [6, 6.07) is 6.90. The summed E-state index contributed by atoms with van der Waals surface area (Å²) in [5.74, 6) is 0.246. The third kappa shape index (κ3) is 3.01. The number of nitrogens with two attached hydrogens (primary N) is 1. The van der Waals surface area contributed by atoms with Crippen molar-refractivity contribution in [1.82, 2.24) is 20.6 Å². The van der Waals surface area contributed by atoms with Crippen molar-refractivity contribution in [2.45, 2.75) is 0 Å². The zero-order chi connectivity index (χ0) is 12.8. The van der Waals surface area contributed by atoms with Gasteiger partial charge in [-0.05, 0) is 29.5 Å². The maximum absolute atomic E-state index is 11.6. The van der Waals surface area contributed by atoms with Crippen LogP contribution < -0.4 is 15.8 Å². The molecule has 1 amide bonds. The van der Waals surface area contributed by atoms with Crippen LogP contribution in [-0.2, 0) is 0 Å². The van der Waals surface area contributed by atoms with Crippen molar-refractivity contribution in [3.05, 3.63) is 30.1 Å². The van der Waals surface area contributed by atoms with Gasteiger partial charge in [0.05, 0.1) is 0 Å². The zero-order valence-corrected chi connectivity index (χ0v) is 9.46. The summed E-state index contributed by atoms with van der Waals surface area (Å²) < 4.78 is 5.31. The molecule has 1 heterocycles. The third-order valence-corrected chi connectivity index (χ3v) is 2.05. The normalized spacial score (nSPS) is 10.1. The summed E-state index contributed by atoms with van der Waals surface area (Å²) in [6.45, 7) is 0.908. The Morgan fingerprint density at radius 2 is 2.17 bits per heavy atom. The SMILES string of the molecule is NCCOc1ccc(NC(=O)c2nn[nH]n2)cc1. The first-order valence-corrected chi connectivity index (χ1v) is 5.27. The van der Waals surface area contributed by atoms with Crippen LogP contribution >= 0.6 is 0 Å². The van der Waals surface area contributed by atoms with E-state index in [2.05, 4.69) is 25.9 Å². The van der Waals surface area contributed by atoms with Crippen LogP contribution in [0.25, 0.3) is 0 Å². The summed E-state index contributed by atoms with van der Waals surface area (Å²) in [6.07, 6.45) is 0. The van der Waals surface area contributed by atoms with Crippen LogP contribution in [0.5, 0.6) is 5.75 Å². The molecular weight excluding hydrogens is 236 g/mol. The number of anilines is 1. The Hall–Kier alpha value is -2.48. The molecule has 0 saturated carbocycles. The van der Waals surface area contributed by atoms with Crippen molar-refractivity contribution in [1.29, 1.82) is 0 Å². The van der Waals surface area contributed by atoms with E-state index >= 15 is 0 Å². The van der Waals surface area contributed by atoms with Crippen molar-refractivity contribution < 1.29 is 9.53 Å². The molecule has 8 nitrogen and oxygen atoms in total. The van der Waals surface area contributed by atoms with Gasteiger partial charge in [-0.15, -0.1) is 10.2 Å². The number of amides is 1. The largest absolute Gasteiger partial charge is 0.492 e. The van der Waals surface area contributed by atoms with Gasteiger partial charge < -0.3 is 15.8 Å². The van der Waals surface area contributed by atoms with Gasteiger partial charge in [0.25, 0.3) is 11.7 Å². The summed E-state index contributed by atoms with van der Waals surface area (Å²) in [7, 11) is 0. The van der Waals surface area contributed by atoms with E-state index in [1.807, 2.05) is 0 Å². The molecule has 0 aliphatic rings. The minimum absolute atomic E-state index is 0.0153. The highest BCUT2D eigenvalue weighted by Crippen LogP contribution is 2.15. The number of hydrogen-bond acceptors (Lipinski definition) is 6. The van der Waals surface area contributed by atoms with Crippen LogP contribution in [-0.4, -0.2) is 39.7 Å². The molecule has 0 aliphatic carbocycles. The van der Waals surface area contributed by atoms with Crippen LogP contribution in [0.4, 0.5) is 5.69 Å². The average molecular weight is 248 g/mol. The van der Waals surface area contributed by atoms with Crippen LogP contribution in [0, 0.1) is 0 Å².